The molecule has 4 aromatic rings. The van der Waals surface area contributed by atoms with Crippen LogP contribution in [0.5, 0.6) is 0 Å². The van der Waals surface area contributed by atoms with Crippen LogP contribution in [-0.4, -0.2) is 27.3 Å². The molecule has 7 nitrogen and oxygen atoms in total. The van der Waals surface area contributed by atoms with Crippen LogP contribution in [0.4, 0.5) is 4.79 Å². The fraction of sp³-hybridized carbons (Fsp3) is 0.217. The number of nitrogens with one attached hydrogen (secondary N) is 2. The second-order valence-electron chi connectivity index (χ2n) is 7.18. The summed E-state index contributed by atoms with van der Waals surface area (Å²) in [6.07, 6.45) is 0. The zero-order chi connectivity index (χ0) is 21.8. The fourth-order valence-corrected chi connectivity index (χ4v) is 4.34. The third-order valence-corrected chi connectivity index (χ3v) is 6.03. The van der Waals surface area contributed by atoms with Crippen LogP contribution in [0.25, 0.3) is 21.3 Å². The SMILES string of the molecule is Cc1nc(C)c(-c2ccc(=O)n(CCNC(=O)NCc3cccc4ccccc34)n2)s1. The highest BCUT2D eigenvalue weighted by atomic mass is 32.1. The minimum absolute atomic E-state index is 0.208. The number of amides is 2. The lowest BCUT2D eigenvalue weighted by Crippen LogP contribution is -2.38. The molecule has 2 aromatic carbocycles. The number of carbonyl (C=O) groups excluding carboxylic acids is 1. The number of urea groups is 1. The predicted molar refractivity (Wildman–Crippen MR) is 123 cm³/mol. The van der Waals surface area contributed by atoms with Gasteiger partial charge in [0.15, 0.2) is 0 Å². The molecule has 2 aromatic heterocycles. The highest BCUT2D eigenvalue weighted by molar-refractivity contribution is 7.15. The van der Waals surface area contributed by atoms with E-state index in [1.807, 2.05) is 56.3 Å². The van der Waals surface area contributed by atoms with Crippen LogP contribution in [0.1, 0.15) is 16.3 Å². The molecule has 2 heterocycles. The van der Waals surface area contributed by atoms with E-state index in [0.29, 0.717) is 18.8 Å². The van der Waals surface area contributed by atoms with E-state index in [4.69, 9.17) is 0 Å². The quantitative estimate of drug-likeness (QED) is 0.486. The van der Waals surface area contributed by atoms with E-state index in [2.05, 4.69) is 20.7 Å². The standard InChI is InChI=1S/C23H23N5O2S/c1-15-22(31-16(2)26-15)20-10-11-21(29)28(27-20)13-12-24-23(30)25-14-18-8-5-7-17-6-3-4-9-19(17)18/h3-11H,12-14H2,1-2H3,(H2,24,25,30). The average molecular weight is 434 g/mol. The first-order valence-electron chi connectivity index (χ1n) is 10.0. The topological polar surface area (TPSA) is 88.9 Å². The molecule has 4 rings (SSSR count). The van der Waals surface area contributed by atoms with Crippen LogP contribution in [0, 0.1) is 13.8 Å². The summed E-state index contributed by atoms with van der Waals surface area (Å²) in [6, 6.07) is 17.0. The first kappa shape index (κ1) is 20.7. The summed E-state index contributed by atoms with van der Waals surface area (Å²) in [6.45, 7) is 4.87. The summed E-state index contributed by atoms with van der Waals surface area (Å²) < 4.78 is 1.37. The van der Waals surface area contributed by atoms with Gasteiger partial charge in [-0.25, -0.2) is 14.5 Å². The number of hydrogen-bond acceptors (Lipinski definition) is 5. The highest BCUT2D eigenvalue weighted by Crippen LogP contribution is 2.27. The van der Waals surface area contributed by atoms with Gasteiger partial charge in [0.2, 0.25) is 0 Å². The first-order chi connectivity index (χ1) is 15.0. The minimum Gasteiger partial charge on any atom is -0.336 e. The number of nitrogens with zero attached hydrogens (tertiary/aromatic N) is 3. The van der Waals surface area contributed by atoms with Gasteiger partial charge in [-0.05, 0) is 36.2 Å². The van der Waals surface area contributed by atoms with Crippen LogP contribution < -0.4 is 16.2 Å². The van der Waals surface area contributed by atoms with Gasteiger partial charge in [0.1, 0.15) is 5.69 Å². The number of thiazole rings is 1. The van der Waals surface area contributed by atoms with E-state index >= 15 is 0 Å². The van der Waals surface area contributed by atoms with Gasteiger partial charge < -0.3 is 10.6 Å². The number of hydrogen-bond donors (Lipinski definition) is 2. The van der Waals surface area contributed by atoms with Crippen LogP contribution in [0.15, 0.2) is 59.4 Å². The van der Waals surface area contributed by atoms with Crippen LogP contribution in [0.3, 0.4) is 0 Å². The van der Waals surface area contributed by atoms with Gasteiger partial charge in [0.25, 0.3) is 5.56 Å². The Labute approximate surface area is 183 Å². The van der Waals surface area contributed by atoms with Crippen molar-refractivity contribution < 1.29 is 4.79 Å². The Hall–Kier alpha value is -3.52. The van der Waals surface area contributed by atoms with E-state index in [1.54, 1.807) is 17.4 Å². The normalized spacial score (nSPS) is 10.9. The van der Waals surface area contributed by atoms with E-state index in [9.17, 15) is 9.59 Å². The molecular weight excluding hydrogens is 410 g/mol. The number of carbonyl (C=O) groups is 1. The molecule has 0 saturated heterocycles. The van der Waals surface area contributed by atoms with Crippen molar-refractivity contribution in [1.29, 1.82) is 0 Å². The zero-order valence-electron chi connectivity index (χ0n) is 17.4. The molecule has 0 fully saturated rings. The minimum atomic E-state index is -0.286. The van der Waals surface area contributed by atoms with Crippen molar-refractivity contribution >= 4 is 28.1 Å². The summed E-state index contributed by atoms with van der Waals surface area (Å²) in [4.78, 5) is 29.8. The van der Waals surface area contributed by atoms with Crippen molar-refractivity contribution in [2.75, 3.05) is 6.54 Å². The Morgan fingerprint density at radius 1 is 1.03 bits per heavy atom. The third-order valence-electron chi connectivity index (χ3n) is 4.93. The Bertz CT molecular complexity index is 1290. The van der Waals surface area contributed by atoms with Crippen molar-refractivity contribution in [3.8, 4) is 10.6 Å². The van der Waals surface area contributed by atoms with Gasteiger partial charge in [-0.3, -0.25) is 4.79 Å². The molecule has 2 N–H and O–H groups in total. The fourth-order valence-electron chi connectivity index (χ4n) is 3.46. The Balaban J connectivity index is 1.35. The number of rotatable bonds is 6. The summed E-state index contributed by atoms with van der Waals surface area (Å²) in [5, 5.41) is 13.3. The maximum absolute atomic E-state index is 12.2. The predicted octanol–water partition coefficient (Wildman–Crippen LogP) is 3.64. The Morgan fingerprint density at radius 3 is 2.65 bits per heavy atom. The molecule has 8 heteroatoms. The molecule has 0 radical (unpaired) electrons. The van der Waals surface area contributed by atoms with Gasteiger partial charge in [-0.1, -0.05) is 42.5 Å². The third kappa shape index (κ3) is 4.80. The number of benzene rings is 2. The van der Waals surface area contributed by atoms with Crippen molar-refractivity contribution in [2.45, 2.75) is 26.9 Å². The maximum atomic E-state index is 12.2. The molecule has 0 saturated carbocycles. The number of aromatic nitrogens is 3. The Morgan fingerprint density at radius 2 is 1.84 bits per heavy atom. The molecule has 0 aliphatic rings. The van der Waals surface area contributed by atoms with Crippen molar-refractivity contribution in [2.24, 2.45) is 0 Å². The van der Waals surface area contributed by atoms with Crippen LogP contribution in [0.2, 0.25) is 0 Å². The van der Waals surface area contributed by atoms with Crippen molar-refractivity contribution in [3.63, 3.8) is 0 Å². The number of fused-ring (bicyclic) bond motifs is 1. The molecular formula is C23H23N5O2S. The van der Waals surface area contributed by atoms with Crippen LogP contribution in [-0.2, 0) is 13.1 Å². The van der Waals surface area contributed by atoms with Gasteiger partial charge in [-0.15, -0.1) is 11.3 Å². The summed E-state index contributed by atoms with van der Waals surface area (Å²) >= 11 is 1.55. The molecule has 0 bridgehead atoms. The Kier molecular flexibility index (Phi) is 6.08. The van der Waals surface area contributed by atoms with E-state index in [0.717, 1.165) is 31.9 Å². The van der Waals surface area contributed by atoms with Crippen LogP contribution >= 0.6 is 11.3 Å². The average Bonchev–Trinajstić information content (AvgIpc) is 3.11. The largest absolute Gasteiger partial charge is 0.336 e. The molecule has 158 valence electrons. The lowest BCUT2D eigenvalue weighted by molar-refractivity contribution is 0.240. The maximum Gasteiger partial charge on any atom is 0.315 e. The lowest BCUT2D eigenvalue weighted by atomic mass is 10.0. The first-order valence-corrected chi connectivity index (χ1v) is 10.8. The van der Waals surface area contributed by atoms with E-state index in [1.165, 1.54) is 10.7 Å². The molecule has 0 aliphatic carbocycles. The second-order valence-corrected chi connectivity index (χ2v) is 8.38. The van der Waals surface area contributed by atoms with Gasteiger partial charge in [0.05, 0.1) is 22.1 Å². The van der Waals surface area contributed by atoms with Gasteiger partial charge >= 0.3 is 6.03 Å². The van der Waals surface area contributed by atoms with E-state index in [-0.39, 0.29) is 18.1 Å². The molecule has 0 spiro atoms. The van der Waals surface area contributed by atoms with Gasteiger partial charge in [-0.2, -0.15) is 5.10 Å². The molecule has 2 amide bonds. The summed E-state index contributed by atoms with van der Waals surface area (Å²) in [7, 11) is 0. The lowest BCUT2D eigenvalue weighted by Gasteiger charge is -2.11. The zero-order valence-corrected chi connectivity index (χ0v) is 18.2. The number of aryl methyl sites for hydroxylation is 2. The van der Waals surface area contributed by atoms with Gasteiger partial charge in [0, 0.05) is 19.2 Å². The second kappa shape index (κ2) is 9.09. The smallest absolute Gasteiger partial charge is 0.315 e. The van der Waals surface area contributed by atoms with Crippen molar-refractivity contribution in [1.82, 2.24) is 25.4 Å². The molecule has 31 heavy (non-hydrogen) atoms. The van der Waals surface area contributed by atoms with E-state index < -0.39 is 0 Å². The molecule has 0 atom stereocenters. The molecule has 0 aliphatic heterocycles. The van der Waals surface area contributed by atoms with Crippen molar-refractivity contribution in [3.05, 3.63) is 81.2 Å². The molecule has 0 unspecified atom stereocenters. The monoisotopic (exact) mass is 433 g/mol. The summed E-state index contributed by atoms with van der Waals surface area (Å²) in [5.41, 5.74) is 2.45. The highest BCUT2D eigenvalue weighted by Gasteiger charge is 2.11. The summed E-state index contributed by atoms with van der Waals surface area (Å²) in [5.74, 6) is 0.